The third-order valence-electron chi connectivity index (χ3n) is 4.44. The normalized spacial score (nSPS) is 10.9. The minimum atomic E-state index is -0.592. The maximum Gasteiger partial charge on any atom is 0.280 e. The Bertz CT molecular complexity index is 1220. The Hall–Kier alpha value is -3.33. The highest BCUT2D eigenvalue weighted by molar-refractivity contribution is 9.10. The van der Waals surface area contributed by atoms with Crippen molar-refractivity contribution < 1.29 is 13.3 Å². The molecule has 6 nitrogen and oxygen atoms in total. The second-order valence-electron chi connectivity index (χ2n) is 6.47. The van der Waals surface area contributed by atoms with Gasteiger partial charge in [-0.1, -0.05) is 40.2 Å². The van der Waals surface area contributed by atoms with Crippen LogP contribution in [0, 0.1) is 11.6 Å². The highest BCUT2D eigenvalue weighted by Crippen LogP contribution is 2.24. The van der Waals surface area contributed by atoms with Crippen LogP contribution in [0.2, 0.25) is 0 Å². The number of nitrogens with one attached hydrogen (secondary N) is 2. The van der Waals surface area contributed by atoms with Gasteiger partial charge in [-0.05, 0) is 18.6 Å². The van der Waals surface area contributed by atoms with Gasteiger partial charge in [-0.25, -0.2) is 18.7 Å². The highest BCUT2D eigenvalue weighted by Gasteiger charge is 2.11. The van der Waals surface area contributed by atoms with E-state index in [1.807, 2.05) is 24.3 Å². The van der Waals surface area contributed by atoms with Crippen molar-refractivity contribution in [3.63, 3.8) is 0 Å². The maximum atomic E-state index is 13.9. The molecule has 30 heavy (non-hydrogen) atoms. The Morgan fingerprint density at radius 3 is 2.37 bits per heavy atom. The second-order valence-corrected chi connectivity index (χ2v) is 7.38. The van der Waals surface area contributed by atoms with Crippen LogP contribution in [0.4, 0.5) is 14.6 Å². The molecule has 0 aliphatic carbocycles. The summed E-state index contributed by atoms with van der Waals surface area (Å²) >= 11 is 3.07. The van der Waals surface area contributed by atoms with E-state index in [1.54, 1.807) is 6.07 Å². The van der Waals surface area contributed by atoms with Crippen molar-refractivity contribution in [1.82, 2.24) is 15.1 Å². The summed E-state index contributed by atoms with van der Waals surface area (Å²) < 4.78 is 33.3. The predicted octanol–water partition coefficient (Wildman–Crippen LogP) is 4.79. The van der Waals surface area contributed by atoms with E-state index >= 15 is 0 Å². The molecule has 0 fully saturated rings. The lowest BCUT2D eigenvalue weighted by molar-refractivity contribution is 0.426. The van der Waals surface area contributed by atoms with Crippen LogP contribution in [0.1, 0.15) is 5.56 Å². The number of hydrogen-bond acceptors (Lipinski definition) is 5. The molecule has 4 aromatic rings. The van der Waals surface area contributed by atoms with Crippen LogP contribution in [-0.2, 0) is 6.42 Å². The highest BCUT2D eigenvalue weighted by atomic mass is 79.9. The Morgan fingerprint density at radius 2 is 1.70 bits per heavy atom. The largest absolute Gasteiger partial charge is 0.378 e. The van der Waals surface area contributed by atoms with Gasteiger partial charge in [0.05, 0.1) is 11.8 Å². The molecule has 0 atom stereocenters. The monoisotopic (exact) mass is 472 g/mol. The quantitative estimate of drug-likeness (QED) is 0.421. The topological polar surface area (TPSA) is 83.8 Å². The minimum Gasteiger partial charge on any atom is -0.378 e. The first-order valence-corrected chi connectivity index (χ1v) is 9.77. The van der Waals surface area contributed by atoms with Crippen molar-refractivity contribution in [2.75, 3.05) is 11.9 Å². The number of aromatic nitrogens is 3. The molecular formula is C21H15BrF2N4O2. The number of anilines is 1. The first-order valence-electron chi connectivity index (χ1n) is 8.98. The summed E-state index contributed by atoms with van der Waals surface area (Å²) in [6.45, 7) is 0.303. The van der Waals surface area contributed by atoms with Crippen molar-refractivity contribution in [1.29, 1.82) is 0 Å². The zero-order valence-corrected chi connectivity index (χ0v) is 17.0. The first-order chi connectivity index (χ1) is 14.5. The van der Waals surface area contributed by atoms with Gasteiger partial charge in [0.2, 0.25) is 0 Å². The first kappa shape index (κ1) is 20.0. The molecule has 2 aromatic heterocycles. The Morgan fingerprint density at radius 1 is 1.00 bits per heavy atom. The predicted molar refractivity (Wildman–Crippen MR) is 112 cm³/mol. The van der Waals surface area contributed by atoms with Crippen LogP contribution in [-0.4, -0.2) is 21.7 Å². The van der Waals surface area contributed by atoms with Crippen molar-refractivity contribution in [2.24, 2.45) is 0 Å². The van der Waals surface area contributed by atoms with Gasteiger partial charge >= 0.3 is 0 Å². The summed E-state index contributed by atoms with van der Waals surface area (Å²) in [5.41, 5.74) is 1.99. The smallest absolute Gasteiger partial charge is 0.280 e. The van der Waals surface area contributed by atoms with Crippen LogP contribution < -0.4 is 10.9 Å². The molecule has 152 valence electrons. The summed E-state index contributed by atoms with van der Waals surface area (Å²) in [6, 6.07) is 12.9. The second kappa shape index (κ2) is 8.58. The van der Waals surface area contributed by atoms with Crippen LogP contribution in [0.15, 0.2) is 68.6 Å². The third kappa shape index (κ3) is 4.46. The van der Waals surface area contributed by atoms with Gasteiger partial charge in [-0.2, -0.15) is 5.16 Å². The molecule has 0 aliphatic rings. The molecule has 2 N–H and O–H groups in total. The van der Waals surface area contributed by atoms with E-state index in [2.05, 4.69) is 36.4 Å². The lowest BCUT2D eigenvalue weighted by Gasteiger charge is -2.09. The van der Waals surface area contributed by atoms with E-state index in [0.29, 0.717) is 28.3 Å². The van der Waals surface area contributed by atoms with Gasteiger partial charge in [-0.15, -0.1) is 0 Å². The lowest BCUT2D eigenvalue weighted by atomic mass is 10.1. The molecule has 0 radical (unpaired) electrons. The summed E-state index contributed by atoms with van der Waals surface area (Å²) in [4.78, 5) is 19.6. The number of hydrogen-bond donors (Lipinski definition) is 2. The summed E-state index contributed by atoms with van der Waals surface area (Å²) in [7, 11) is 0. The van der Waals surface area contributed by atoms with Crippen molar-refractivity contribution in [3.8, 4) is 22.6 Å². The van der Waals surface area contributed by atoms with E-state index in [9.17, 15) is 13.6 Å². The number of rotatable bonds is 6. The molecule has 0 saturated carbocycles. The third-order valence-corrected chi connectivity index (χ3v) is 4.90. The number of H-pyrrole nitrogens is 1. The number of nitrogens with zero attached hydrogens (tertiary/aromatic N) is 2. The van der Waals surface area contributed by atoms with Gasteiger partial charge < -0.3 is 9.84 Å². The number of halogens is 3. The van der Waals surface area contributed by atoms with Crippen molar-refractivity contribution in [3.05, 3.63) is 86.9 Å². The molecule has 0 spiro atoms. The molecule has 2 aromatic carbocycles. The Labute approximate surface area is 178 Å². The van der Waals surface area contributed by atoms with Gasteiger partial charge in [0, 0.05) is 33.8 Å². The average Bonchev–Trinajstić information content (AvgIpc) is 3.17. The zero-order chi connectivity index (χ0) is 21.1. The van der Waals surface area contributed by atoms with Crippen LogP contribution in [0.25, 0.3) is 22.6 Å². The number of aromatic amines is 1. The fourth-order valence-corrected chi connectivity index (χ4v) is 3.37. The fraction of sp³-hybridized carbons (Fsp3) is 0.0952. The zero-order valence-electron chi connectivity index (χ0n) is 15.5. The van der Waals surface area contributed by atoms with Crippen molar-refractivity contribution in [2.45, 2.75) is 6.42 Å². The maximum absolute atomic E-state index is 13.9. The minimum absolute atomic E-state index is 0.0203. The Kier molecular flexibility index (Phi) is 5.71. The standard InChI is InChI=1S/C21H15BrF2N4O2/c22-14-7-16(23)15(17(24)8-14)5-6-25-20-9-18(26-11-27-20)12-1-3-13(4-2-12)19-10-21(29)28-30-19/h1-4,7-11H,5-6H2,(H,28,29)(H,25,26,27). The van der Waals surface area contributed by atoms with Crippen LogP contribution in [0.5, 0.6) is 0 Å². The molecule has 0 aliphatic heterocycles. The van der Waals surface area contributed by atoms with E-state index in [1.165, 1.54) is 24.5 Å². The van der Waals surface area contributed by atoms with E-state index in [4.69, 9.17) is 4.52 Å². The SMILES string of the molecule is O=c1cc(-c2ccc(-c3cc(NCCc4c(F)cc(Br)cc4F)ncn3)cc2)o[nH]1. The molecule has 0 saturated heterocycles. The Balaban J connectivity index is 1.45. The molecule has 2 heterocycles. The summed E-state index contributed by atoms with van der Waals surface area (Å²) in [5.74, 6) is -0.196. The van der Waals surface area contributed by atoms with Crippen LogP contribution >= 0.6 is 15.9 Å². The van der Waals surface area contributed by atoms with E-state index in [-0.39, 0.29) is 17.5 Å². The van der Waals surface area contributed by atoms with Crippen molar-refractivity contribution >= 4 is 21.7 Å². The van der Waals surface area contributed by atoms with E-state index < -0.39 is 11.6 Å². The summed E-state index contributed by atoms with van der Waals surface area (Å²) in [5, 5.41) is 5.32. The van der Waals surface area contributed by atoms with Gasteiger partial charge in [0.25, 0.3) is 5.56 Å². The molecule has 9 heteroatoms. The van der Waals surface area contributed by atoms with E-state index in [0.717, 1.165) is 11.1 Å². The van der Waals surface area contributed by atoms with Gasteiger partial charge in [-0.3, -0.25) is 4.79 Å². The van der Waals surface area contributed by atoms with Gasteiger partial charge in [0.1, 0.15) is 23.8 Å². The lowest BCUT2D eigenvalue weighted by Crippen LogP contribution is -2.09. The molecule has 4 rings (SSSR count). The molecule has 0 bridgehead atoms. The molecular weight excluding hydrogens is 458 g/mol. The summed E-state index contributed by atoms with van der Waals surface area (Å²) in [6.07, 6.45) is 1.58. The van der Waals surface area contributed by atoms with Gasteiger partial charge in [0.15, 0.2) is 5.76 Å². The molecule has 0 unspecified atom stereocenters. The average molecular weight is 473 g/mol. The number of benzene rings is 2. The molecule has 0 amide bonds. The fourth-order valence-electron chi connectivity index (χ4n) is 2.97. The van der Waals surface area contributed by atoms with Crippen LogP contribution in [0.3, 0.4) is 0 Å².